The van der Waals surface area contributed by atoms with E-state index in [1.54, 1.807) is 12.1 Å². The van der Waals surface area contributed by atoms with Crippen molar-refractivity contribution in [2.24, 2.45) is 11.8 Å². The highest BCUT2D eigenvalue weighted by Crippen LogP contribution is 2.35. The maximum Gasteiger partial charge on any atom is 0.262 e. The third-order valence-electron chi connectivity index (χ3n) is 7.71. The van der Waals surface area contributed by atoms with Crippen LogP contribution in [0, 0.1) is 11.8 Å². The molecule has 0 aliphatic heterocycles. The Morgan fingerprint density at radius 1 is 0.676 bits per heavy atom. The third kappa shape index (κ3) is 4.91. The second-order valence-electron chi connectivity index (χ2n) is 10.4. The Balaban J connectivity index is 1.98. The van der Waals surface area contributed by atoms with Crippen LogP contribution in [0.15, 0.2) is 40.3 Å². The Bertz CT molecular complexity index is 1670. The minimum atomic E-state index is -0.347. The predicted octanol–water partition coefficient (Wildman–Crippen LogP) is 6.63. The number of aromatic nitrogens is 2. The first kappa shape index (κ1) is 28.0. The van der Waals surface area contributed by atoms with Gasteiger partial charge >= 0.3 is 0 Å². The molecule has 0 aliphatic rings. The van der Waals surface area contributed by atoms with E-state index >= 15 is 0 Å². The number of hydrogen-bond acceptors (Lipinski definition) is 4. The van der Waals surface area contributed by atoms with Gasteiger partial charge in [0.05, 0.1) is 21.5 Å². The van der Waals surface area contributed by atoms with Crippen LogP contribution >= 0.6 is 31.9 Å². The number of unbranched alkanes of at least 4 members (excludes halogenated alkanes) is 2. The van der Waals surface area contributed by atoms with Crippen LogP contribution in [0.4, 0.5) is 0 Å². The zero-order valence-electron chi connectivity index (χ0n) is 22.0. The van der Waals surface area contributed by atoms with Crippen molar-refractivity contribution in [2.75, 3.05) is 0 Å². The summed E-state index contributed by atoms with van der Waals surface area (Å²) in [6.45, 7) is 9.13. The van der Waals surface area contributed by atoms with Crippen molar-refractivity contribution in [2.45, 2.75) is 85.7 Å². The van der Waals surface area contributed by atoms with Crippen molar-refractivity contribution in [1.29, 1.82) is 0 Å². The lowest BCUT2D eigenvalue weighted by atomic mass is 9.99. The molecule has 2 heterocycles. The standard InChI is InChI=1S/C29H34Br2N2O4/c1-5-8-10-16(4)14-32-26(34)22-18-12-21(31)25-23(19(18)13-20(30)24(22)28(32)36)27(35)33(29(25)37)15-17(7-3)11-9-6-2/h12-13,16-17H,5-11,14-15H2,1-4H3. The molecule has 0 spiro atoms. The molecule has 37 heavy (non-hydrogen) atoms. The van der Waals surface area contributed by atoms with Crippen molar-refractivity contribution >= 4 is 64.2 Å². The predicted molar refractivity (Wildman–Crippen MR) is 160 cm³/mol. The van der Waals surface area contributed by atoms with Gasteiger partial charge in [0.1, 0.15) is 0 Å². The Kier molecular flexibility index (Phi) is 8.58. The van der Waals surface area contributed by atoms with Gasteiger partial charge in [-0.3, -0.25) is 28.3 Å². The van der Waals surface area contributed by atoms with E-state index in [1.165, 1.54) is 9.13 Å². The average Bonchev–Trinajstić information content (AvgIpc) is 3.27. The van der Waals surface area contributed by atoms with Gasteiger partial charge in [0.25, 0.3) is 22.2 Å². The van der Waals surface area contributed by atoms with Crippen LogP contribution < -0.4 is 22.2 Å². The highest BCUT2D eigenvalue weighted by atomic mass is 79.9. The lowest BCUT2D eigenvalue weighted by Crippen LogP contribution is -2.29. The van der Waals surface area contributed by atoms with Crippen LogP contribution in [0.5, 0.6) is 0 Å². The molecular formula is C29H34Br2N2O4. The van der Waals surface area contributed by atoms with Gasteiger partial charge in [-0.2, -0.15) is 0 Å². The van der Waals surface area contributed by atoms with Gasteiger partial charge in [0.2, 0.25) is 0 Å². The van der Waals surface area contributed by atoms with Gasteiger partial charge in [-0.25, -0.2) is 0 Å². The summed E-state index contributed by atoms with van der Waals surface area (Å²) < 4.78 is 3.62. The van der Waals surface area contributed by atoms with E-state index in [0.717, 1.165) is 44.9 Å². The molecule has 8 heteroatoms. The summed E-state index contributed by atoms with van der Waals surface area (Å²) in [5.41, 5.74) is -1.32. The first-order chi connectivity index (χ1) is 17.7. The minimum Gasteiger partial charge on any atom is -0.274 e. The number of rotatable bonds is 11. The topological polar surface area (TPSA) is 78.1 Å². The first-order valence-electron chi connectivity index (χ1n) is 13.4. The highest BCUT2D eigenvalue weighted by Gasteiger charge is 2.25. The SMILES string of the molecule is CCCCC(C)Cn1c(=O)c2c(Br)cc3c(cc(Br)c4c(=O)n(CC(CC)CCCC)c(=O)c43)c2c1=O. The Morgan fingerprint density at radius 3 is 1.57 bits per heavy atom. The van der Waals surface area contributed by atoms with Gasteiger partial charge in [-0.15, -0.1) is 0 Å². The number of halogens is 2. The zero-order chi connectivity index (χ0) is 27.0. The molecule has 0 saturated carbocycles. The molecule has 0 aliphatic carbocycles. The number of fused-ring (bicyclic) bond motifs is 5. The normalized spacial score (nSPS) is 13.8. The van der Waals surface area contributed by atoms with Gasteiger partial charge in [0.15, 0.2) is 0 Å². The van der Waals surface area contributed by atoms with Crippen molar-refractivity contribution in [3.8, 4) is 0 Å². The molecule has 0 fully saturated rings. The minimum absolute atomic E-state index is 0.190. The molecular weight excluding hydrogens is 600 g/mol. The Morgan fingerprint density at radius 2 is 1.11 bits per heavy atom. The van der Waals surface area contributed by atoms with Gasteiger partial charge in [-0.05, 0) is 79.4 Å². The van der Waals surface area contributed by atoms with Crippen LogP contribution in [-0.2, 0) is 13.1 Å². The molecule has 2 unspecified atom stereocenters. The molecule has 0 N–H and O–H groups in total. The van der Waals surface area contributed by atoms with Gasteiger partial charge in [-0.1, -0.05) is 59.8 Å². The summed E-state index contributed by atoms with van der Waals surface area (Å²) in [6, 6.07) is 3.44. The highest BCUT2D eigenvalue weighted by molar-refractivity contribution is 9.11. The van der Waals surface area contributed by atoms with Crippen LogP contribution in [-0.4, -0.2) is 9.13 Å². The molecule has 2 aromatic heterocycles. The van der Waals surface area contributed by atoms with Crippen molar-refractivity contribution in [1.82, 2.24) is 9.13 Å². The van der Waals surface area contributed by atoms with E-state index in [1.807, 2.05) is 0 Å². The summed E-state index contributed by atoms with van der Waals surface area (Å²) >= 11 is 7.02. The van der Waals surface area contributed by atoms with Crippen molar-refractivity contribution in [3.63, 3.8) is 0 Å². The van der Waals surface area contributed by atoms with E-state index < -0.39 is 0 Å². The fourth-order valence-electron chi connectivity index (χ4n) is 5.52. The third-order valence-corrected chi connectivity index (χ3v) is 8.96. The molecule has 2 aromatic carbocycles. The van der Waals surface area contributed by atoms with Crippen LogP contribution in [0.2, 0.25) is 0 Å². The van der Waals surface area contributed by atoms with E-state index in [4.69, 9.17) is 0 Å². The smallest absolute Gasteiger partial charge is 0.262 e. The molecule has 2 atom stereocenters. The van der Waals surface area contributed by atoms with Gasteiger partial charge in [0, 0.05) is 22.0 Å². The lowest BCUT2D eigenvalue weighted by molar-refractivity contribution is 0.384. The number of benzene rings is 2. The average molecular weight is 634 g/mol. The summed E-state index contributed by atoms with van der Waals surface area (Å²) in [4.78, 5) is 54.0. The van der Waals surface area contributed by atoms with E-state index in [2.05, 4.69) is 59.6 Å². The van der Waals surface area contributed by atoms with E-state index in [-0.39, 0.29) is 34.1 Å². The number of nitrogens with zero attached hydrogens (tertiary/aromatic N) is 2. The second-order valence-corrected chi connectivity index (χ2v) is 12.1. The van der Waals surface area contributed by atoms with Crippen molar-refractivity contribution in [3.05, 3.63) is 62.5 Å². The summed E-state index contributed by atoms with van der Waals surface area (Å²) in [7, 11) is 0. The van der Waals surface area contributed by atoms with Crippen molar-refractivity contribution < 1.29 is 0 Å². The lowest BCUT2D eigenvalue weighted by Gasteiger charge is -2.13. The summed E-state index contributed by atoms with van der Waals surface area (Å²) in [5.74, 6) is 0.431. The maximum absolute atomic E-state index is 13.7. The molecule has 6 nitrogen and oxygen atoms in total. The van der Waals surface area contributed by atoms with E-state index in [9.17, 15) is 19.2 Å². The largest absolute Gasteiger partial charge is 0.274 e. The zero-order valence-corrected chi connectivity index (χ0v) is 25.1. The Labute approximate surface area is 232 Å². The maximum atomic E-state index is 13.7. The fraction of sp³-hybridized carbons (Fsp3) is 0.517. The molecule has 4 rings (SSSR count). The second kappa shape index (κ2) is 11.4. The molecule has 0 saturated heterocycles. The molecule has 4 aromatic rings. The summed E-state index contributed by atoms with van der Waals surface area (Å²) in [6.07, 6.45) is 7.01. The molecule has 0 amide bonds. The molecule has 0 bridgehead atoms. The van der Waals surface area contributed by atoms with E-state index in [0.29, 0.717) is 54.4 Å². The monoisotopic (exact) mass is 632 g/mol. The van der Waals surface area contributed by atoms with Crippen LogP contribution in [0.3, 0.4) is 0 Å². The van der Waals surface area contributed by atoms with Gasteiger partial charge < -0.3 is 0 Å². The van der Waals surface area contributed by atoms with Crippen LogP contribution in [0.25, 0.3) is 32.3 Å². The first-order valence-corrected chi connectivity index (χ1v) is 15.0. The quantitative estimate of drug-likeness (QED) is 0.186. The number of hydrogen-bond donors (Lipinski definition) is 0. The fourth-order valence-corrected chi connectivity index (χ4v) is 6.72. The molecule has 198 valence electrons. The van der Waals surface area contributed by atoms with Crippen LogP contribution in [0.1, 0.15) is 72.6 Å². The Hall–Kier alpha value is -2.06. The molecule has 0 radical (unpaired) electrons. The summed E-state index contributed by atoms with van der Waals surface area (Å²) in [5, 5.41) is 2.30.